The number of aliphatic carboxylic acids is 1. The fraction of sp³-hybridized carbons (Fsp3) is 0.400. The van der Waals surface area contributed by atoms with E-state index in [1.54, 1.807) is 12.1 Å². The van der Waals surface area contributed by atoms with Crippen molar-refractivity contribution in [1.82, 2.24) is 4.90 Å². The second kappa shape index (κ2) is 9.41. The van der Waals surface area contributed by atoms with Gasteiger partial charge in [-0.1, -0.05) is 29.3 Å². The van der Waals surface area contributed by atoms with E-state index in [0.717, 1.165) is 31.6 Å². The molecule has 0 saturated carbocycles. The van der Waals surface area contributed by atoms with Crippen molar-refractivity contribution in [2.75, 3.05) is 26.2 Å². The number of aryl methyl sites for hydroxylation is 2. The quantitative estimate of drug-likeness (QED) is 0.568. The fourth-order valence-corrected chi connectivity index (χ4v) is 4.55. The molecule has 1 heterocycles. The van der Waals surface area contributed by atoms with Crippen LogP contribution in [0.15, 0.2) is 42.0 Å². The zero-order chi connectivity index (χ0) is 22.0. The van der Waals surface area contributed by atoms with Gasteiger partial charge in [0.2, 0.25) is 0 Å². The van der Waals surface area contributed by atoms with Crippen LogP contribution in [0.25, 0.3) is 5.57 Å². The zero-order valence-corrected chi connectivity index (χ0v) is 18.4. The Labute approximate surface area is 187 Å². The lowest BCUT2D eigenvalue weighted by Gasteiger charge is -2.38. The summed E-state index contributed by atoms with van der Waals surface area (Å²) < 4.78 is 19.8. The molecule has 1 N–H and O–H groups in total. The number of hydrogen-bond acceptors (Lipinski definition) is 3. The van der Waals surface area contributed by atoms with Crippen LogP contribution >= 0.6 is 11.6 Å². The first-order chi connectivity index (χ1) is 14.9. The first-order valence-corrected chi connectivity index (χ1v) is 11.1. The molecule has 1 aliphatic carbocycles. The Balaban J connectivity index is 1.31. The molecule has 0 atom stereocenters. The molecule has 0 bridgehead atoms. The topological polar surface area (TPSA) is 49.8 Å². The average molecular weight is 444 g/mol. The number of likely N-dealkylation sites (tertiary alicyclic amines) is 1. The molecular weight excluding hydrogens is 417 g/mol. The summed E-state index contributed by atoms with van der Waals surface area (Å²) >= 11 is 5.80. The average Bonchev–Trinajstić information content (AvgIpc) is 2.70. The van der Waals surface area contributed by atoms with E-state index in [1.165, 1.54) is 28.3 Å². The Morgan fingerprint density at radius 2 is 2.03 bits per heavy atom. The van der Waals surface area contributed by atoms with Crippen LogP contribution in [0.2, 0.25) is 5.02 Å². The predicted molar refractivity (Wildman–Crippen MR) is 120 cm³/mol. The van der Waals surface area contributed by atoms with Gasteiger partial charge in [-0.3, -0.25) is 9.69 Å². The first-order valence-electron chi connectivity index (χ1n) is 10.7. The summed E-state index contributed by atoms with van der Waals surface area (Å²) in [7, 11) is 0. The zero-order valence-electron chi connectivity index (χ0n) is 17.7. The molecule has 164 valence electrons. The maximum atomic E-state index is 13.9. The van der Waals surface area contributed by atoms with Crippen molar-refractivity contribution < 1.29 is 19.0 Å². The number of fused-ring (bicyclic) bond motifs is 1. The maximum absolute atomic E-state index is 13.9. The number of halogens is 2. The van der Waals surface area contributed by atoms with Crippen LogP contribution in [0.5, 0.6) is 5.75 Å². The minimum atomic E-state index is -0.693. The fourth-order valence-electron chi connectivity index (χ4n) is 4.40. The molecule has 1 saturated heterocycles. The number of ether oxygens (including phenoxy) is 1. The van der Waals surface area contributed by atoms with E-state index >= 15 is 0 Å². The number of carbonyl (C=O) groups is 1. The van der Waals surface area contributed by atoms with Crippen molar-refractivity contribution in [2.45, 2.75) is 32.6 Å². The van der Waals surface area contributed by atoms with Gasteiger partial charge in [0.15, 0.2) is 0 Å². The number of nitrogens with zero attached hydrogens (tertiary/aromatic N) is 1. The highest BCUT2D eigenvalue weighted by molar-refractivity contribution is 6.30. The van der Waals surface area contributed by atoms with Gasteiger partial charge in [0.1, 0.15) is 11.6 Å². The van der Waals surface area contributed by atoms with Crippen molar-refractivity contribution >= 4 is 23.1 Å². The van der Waals surface area contributed by atoms with E-state index in [-0.39, 0.29) is 11.7 Å². The van der Waals surface area contributed by atoms with Gasteiger partial charge in [-0.05, 0) is 79.1 Å². The number of benzene rings is 2. The van der Waals surface area contributed by atoms with Crippen molar-refractivity contribution in [3.8, 4) is 5.75 Å². The largest absolute Gasteiger partial charge is 0.494 e. The Bertz CT molecular complexity index is 1010. The van der Waals surface area contributed by atoms with E-state index in [0.29, 0.717) is 36.7 Å². The van der Waals surface area contributed by atoms with Crippen LogP contribution in [-0.2, 0) is 17.6 Å². The van der Waals surface area contributed by atoms with E-state index in [2.05, 4.69) is 24.0 Å². The molecule has 0 radical (unpaired) electrons. The molecule has 2 aliphatic rings. The molecule has 0 unspecified atom stereocenters. The van der Waals surface area contributed by atoms with Crippen LogP contribution in [0.1, 0.15) is 36.5 Å². The summed E-state index contributed by atoms with van der Waals surface area (Å²) in [6, 6.07) is 11.0. The summed E-state index contributed by atoms with van der Waals surface area (Å²) in [4.78, 5) is 13.2. The molecule has 4 nitrogen and oxygen atoms in total. The number of allylic oxidation sites excluding steroid dienone is 1. The smallest absolute Gasteiger partial charge is 0.309 e. The Hall–Kier alpha value is -2.37. The van der Waals surface area contributed by atoms with Crippen LogP contribution < -0.4 is 4.74 Å². The van der Waals surface area contributed by atoms with Crippen molar-refractivity contribution in [3.63, 3.8) is 0 Å². The third-order valence-electron chi connectivity index (χ3n) is 6.30. The van der Waals surface area contributed by atoms with E-state index in [1.807, 2.05) is 6.07 Å². The minimum Gasteiger partial charge on any atom is -0.494 e. The highest BCUT2D eigenvalue weighted by atomic mass is 35.5. The van der Waals surface area contributed by atoms with Crippen molar-refractivity contribution in [2.24, 2.45) is 5.92 Å². The second-order valence-corrected chi connectivity index (χ2v) is 8.90. The van der Waals surface area contributed by atoms with Crippen LogP contribution in [0.3, 0.4) is 0 Å². The van der Waals surface area contributed by atoms with Gasteiger partial charge in [-0.2, -0.15) is 0 Å². The third-order valence-corrected chi connectivity index (χ3v) is 6.54. The summed E-state index contributed by atoms with van der Waals surface area (Å²) in [5.74, 6) is -0.330. The second-order valence-electron chi connectivity index (χ2n) is 8.46. The lowest BCUT2D eigenvalue weighted by Crippen LogP contribution is -2.50. The third kappa shape index (κ3) is 5.10. The summed E-state index contributed by atoms with van der Waals surface area (Å²) in [5, 5.41) is 9.46. The van der Waals surface area contributed by atoms with E-state index in [4.69, 9.17) is 21.4 Å². The summed E-state index contributed by atoms with van der Waals surface area (Å²) in [5.41, 5.74) is 5.89. The minimum absolute atomic E-state index is 0.215. The summed E-state index contributed by atoms with van der Waals surface area (Å²) in [6.45, 7) is 4.83. The SMILES string of the molecule is CC1=C(CN2CC(C(=O)O)C2)CCc2cc(OCCCc3ccc(Cl)cc3F)ccc21. The molecular formula is C25H27ClFNO3. The normalized spacial score (nSPS) is 16.7. The van der Waals surface area contributed by atoms with Gasteiger partial charge in [0.25, 0.3) is 0 Å². The van der Waals surface area contributed by atoms with Crippen molar-refractivity contribution in [1.29, 1.82) is 0 Å². The van der Waals surface area contributed by atoms with Crippen LogP contribution in [0, 0.1) is 11.7 Å². The first kappa shape index (κ1) is 21.8. The van der Waals surface area contributed by atoms with Gasteiger partial charge in [0.05, 0.1) is 12.5 Å². The highest BCUT2D eigenvalue weighted by Gasteiger charge is 2.33. The lowest BCUT2D eigenvalue weighted by atomic mass is 9.85. The molecule has 4 rings (SSSR count). The Morgan fingerprint density at radius 3 is 2.77 bits per heavy atom. The van der Waals surface area contributed by atoms with E-state index < -0.39 is 5.97 Å². The van der Waals surface area contributed by atoms with Gasteiger partial charge in [0, 0.05) is 24.7 Å². The predicted octanol–water partition coefficient (Wildman–Crippen LogP) is 5.23. The molecule has 6 heteroatoms. The Kier molecular flexibility index (Phi) is 6.63. The van der Waals surface area contributed by atoms with Gasteiger partial charge >= 0.3 is 5.97 Å². The van der Waals surface area contributed by atoms with Gasteiger partial charge in [-0.25, -0.2) is 4.39 Å². The molecule has 0 spiro atoms. The number of carboxylic acid groups (broad SMARTS) is 1. The van der Waals surface area contributed by atoms with Crippen molar-refractivity contribution in [3.05, 3.63) is 69.5 Å². The monoisotopic (exact) mass is 443 g/mol. The number of hydrogen-bond donors (Lipinski definition) is 1. The van der Waals surface area contributed by atoms with Crippen LogP contribution in [0.4, 0.5) is 4.39 Å². The lowest BCUT2D eigenvalue weighted by molar-refractivity contribution is -0.147. The number of rotatable bonds is 8. The molecule has 2 aromatic rings. The molecule has 0 amide bonds. The molecule has 2 aromatic carbocycles. The molecule has 1 aliphatic heterocycles. The van der Waals surface area contributed by atoms with E-state index in [9.17, 15) is 9.18 Å². The maximum Gasteiger partial charge on any atom is 0.309 e. The van der Waals surface area contributed by atoms with Gasteiger partial charge < -0.3 is 9.84 Å². The molecule has 31 heavy (non-hydrogen) atoms. The molecule has 0 aromatic heterocycles. The number of carboxylic acids is 1. The van der Waals surface area contributed by atoms with Gasteiger partial charge in [-0.15, -0.1) is 0 Å². The summed E-state index contributed by atoms with van der Waals surface area (Å²) in [6.07, 6.45) is 3.29. The van der Waals surface area contributed by atoms with Crippen LogP contribution in [-0.4, -0.2) is 42.2 Å². The highest BCUT2D eigenvalue weighted by Crippen LogP contribution is 2.34. The standard InChI is InChI=1S/C25H27ClFNO3/c1-16-19(13-28-14-20(15-28)25(29)30)5-4-18-11-22(8-9-23(16)18)31-10-2-3-17-6-7-21(26)12-24(17)27/h6-9,11-12,20H,2-5,10,13-15H2,1H3,(H,29,30). The molecule has 1 fully saturated rings. The Morgan fingerprint density at radius 1 is 1.23 bits per heavy atom.